The maximum atomic E-state index is 12.9. The van der Waals surface area contributed by atoms with Crippen LogP contribution in [-0.4, -0.2) is 65.3 Å². The van der Waals surface area contributed by atoms with Crippen LogP contribution in [0.3, 0.4) is 0 Å². The molecule has 30 heavy (non-hydrogen) atoms. The van der Waals surface area contributed by atoms with Gasteiger partial charge in [0.25, 0.3) is 0 Å². The van der Waals surface area contributed by atoms with E-state index in [1.165, 1.54) is 0 Å². The van der Waals surface area contributed by atoms with Crippen molar-refractivity contribution in [2.45, 2.75) is 46.5 Å². The van der Waals surface area contributed by atoms with Gasteiger partial charge in [-0.15, -0.1) is 0 Å². The molecule has 2 saturated heterocycles. The van der Waals surface area contributed by atoms with Crippen LogP contribution in [0.1, 0.15) is 50.9 Å². The molecule has 1 atom stereocenters. The molecular formula is C22H31N5O3. The minimum absolute atomic E-state index is 0.133. The van der Waals surface area contributed by atoms with Gasteiger partial charge in [0.2, 0.25) is 11.9 Å². The molecule has 1 unspecified atom stereocenters. The van der Waals surface area contributed by atoms with Crippen LogP contribution in [0.2, 0.25) is 0 Å². The fourth-order valence-corrected chi connectivity index (χ4v) is 4.15. The molecule has 2 aliphatic rings. The number of ether oxygens (including phenoxy) is 1. The summed E-state index contributed by atoms with van der Waals surface area (Å²) < 4.78 is 11.0. The molecule has 2 aliphatic heterocycles. The first-order valence-electron chi connectivity index (χ1n) is 10.8. The number of hydrogen-bond donors (Lipinski definition) is 0. The molecule has 162 valence electrons. The minimum Gasteiger partial charge on any atom is -0.378 e. The van der Waals surface area contributed by atoms with E-state index in [9.17, 15) is 4.79 Å². The highest BCUT2D eigenvalue weighted by atomic mass is 16.5. The molecule has 8 heteroatoms. The molecular weight excluding hydrogens is 382 g/mol. The SMILES string of the molecule is Cc1cc(-c2cnc(N3CCOCC3)nc2C2CCCN(C(=O)C(C)(C)C)C2)on1. The van der Waals surface area contributed by atoms with E-state index in [0.29, 0.717) is 31.5 Å². The number of aryl methyl sites for hydroxylation is 1. The fourth-order valence-electron chi connectivity index (χ4n) is 4.15. The average molecular weight is 414 g/mol. The van der Waals surface area contributed by atoms with Gasteiger partial charge in [-0.2, -0.15) is 0 Å². The standard InChI is InChI=1S/C22H31N5O3/c1-15-12-18(30-25-15)17-13-23-21(26-8-10-29-11-9-26)24-19(17)16-6-5-7-27(14-16)20(28)22(2,3)4/h12-13,16H,5-11,14H2,1-4H3. The normalized spacial score (nSPS) is 20.5. The lowest BCUT2D eigenvalue weighted by Gasteiger charge is -2.37. The zero-order valence-electron chi connectivity index (χ0n) is 18.3. The van der Waals surface area contributed by atoms with Gasteiger partial charge >= 0.3 is 0 Å². The molecule has 4 heterocycles. The van der Waals surface area contributed by atoms with E-state index in [4.69, 9.17) is 14.2 Å². The Kier molecular flexibility index (Phi) is 5.77. The molecule has 0 radical (unpaired) electrons. The Morgan fingerprint density at radius 1 is 1.20 bits per heavy atom. The molecule has 2 aromatic rings. The van der Waals surface area contributed by atoms with E-state index in [1.807, 2.05) is 44.9 Å². The third kappa shape index (κ3) is 4.33. The number of rotatable bonds is 3. The first-order valence-corrected chi connectivity index (χ1v) is 10.8. The third-order valence-electron chi connectivity index (χ3n) is 5.73. The van der Waals surface area contributed by atoms with Gasteiger partial charge in [-0.25, -0.2) is 9.97 Å². The summed E-state index contributed by atoms with van der Waals surface area (Å²) in [7, 11) is 0. The van der Waals surface area contributed by atoms with Crippen LogP contribution in [0.15, 0.2) is 16.8 Å². The lowest BCUT2D eigenvalue weighted by atomic mass is 9.88. The molecule has 2 aromatic heterocycles. The van der Waals surface area contributed by atoms with E-state index in [2.05, 4.69) is 15.0 Å². The van der Waals surface area contributed by atoms with Crippen molar-refractivity contribution in [2.24, 2.45) is 5.41 Å². The number of morpholine rings is 1. The van der Waals surface area contributed by atoms with Crippen LogP contribution in [-0.2, 0) is 9.53 Å². The molecule has 1 amide bonds. The maximum Gasteiger partial charge on any atom is 0.227 e. The molecule has 0 aromatic carbocycles. The Labute approximate surface area is 177 Å². The van der Waals surface area contributed by atoms with Crippen LogP contribution in [0.4, 0.5) is 5.95 Å². The number of likely N-dealkylation sites (tertiary alicyclic amines) is 1. The third-order valence-corrected chi connectivity index (χ3v) is 5.73. The molecule has 0 saturated carbocycles. The number of nitrogens with zero attached hydrogens (tertiary/aromatic N) is 5. The highest BCUT2D eigenvalue weighted by molar-refractivity contribution is 5.81. The van der Waals surface area contributed by atoms with Gasteiger partial charge in [-0.05, 0) is 19.8 Å². The zero-order valence-corrected chi connectivity index (χ0v) is 18.3. The van der Waals surface area contributed by atoms with Crippen LogP contribution >= 0.6 is 0 Å². The summed E-state index contributed by atoms with van der Waals surface area (Å²) in [6.07, 6.45) is 3.78. The summed E-state index contributed by atoms with van der Waals surface area (Å²) in [5.74, 6) is 1.71. The largest absolute Gasteiger partial charge is 0.378 e. The smallest absolute Gasteiger partial charge is 0.227 e. The van der Waals surface area contributed by atoms with Crippen molar-refractivity contribution in [3.05, 3.63) is 23.7 Å². The monoisotopic (exact) mass is 413 g/mol. The molecule has 0 aliphatic carbocycles. The summed E-state index contributed by atoms with van der Waals surface area (Å²) in [5, 5.41) is 4.04. The molecule has 8 nitrogen and oxygen atoms in total. The van der Waals surface area contributed by atoms with E-state index < -0.39 is 5.41 Å². The second-order valence-corrected chi connectivity index (χ2v) is 9.24. The molecule has 4 rings (SSSR count). The Hall–Kier alpha value is -2.48. The van der Waals surface area contributed by atoms with Crippen molar-refractivity contribution in [3.8, 4) is 11.3 Å². The van der Waals surface area contributed by atoms with Gasteiger partial charge < -0.3 is 19.1 Å². The van der Waals surface area contributed by atoms with E-state index >= 15 is 0 Å². The quantitative estimate of drug-likeness (QED) is 0.765. The number of carbonyl (C=O) groups is 1. The predicted molar refractivity (Wildman–Crippen MR) is 113 cm³/mol. The van der Waals surface area contributed by atoms with Crippen molar-refractivity contribution in [2.75, 3.05) is 44.3 Å². The van der Waals surface area contributed by atoms with Gasteiger partial charge in [0.05, 0.1) is 30.2 Å². The number of carbonyl (C=O) groups excluding carboxylic acids is 1. The van der Waals surface area contributed by atoms with Gasteiger partial charge in [0, 0.05) is 49.8 Å². The highest BCUT2D eigenvalue weighted by Gasteiger charge is 2.33. The first-order chi connectivity index (χ1) is 14.3. The summed E-state index contributed by atoms with van der Waals surface area (Å²) in [6, 6.07) is 1.91. The Morgan fingerprint density at radius 2 is 1.97 bits per heavy atom. The van der Waals surface area contributed by atoms with Crippen LogP contribution in [0.25, 0.3) is 11.3 Å². The minimum atomic E-state index is -0.391. The van der Waals surface area contributed by atoms with Crippen molar-refractivity contribution >= 4 is 11.9 Å². The first kappa shape index (κ1) is 20.8. The second-order valence-electron chi connectivity index (χ2n) is 9.24. The Morgan fingerprint density at radius 3 is 2.63 bits per heavy atom. The highest BCUT2D eigenvalue weighted by Crippen LogP contribution is 2.35. The van der Waals surface area contributed by atoms with Crippen LogP contribution in [0, 0.1) is 12.3 Å². The summed E-state index contributed by atoms with van der Waals surface area (Å²) in [4.78, 5) is 26.7. The second kappa shape index (κ2) is 8.34. The van der Waals surface area contributed by atoms with Crippen molar-refractivity contribution in [3.63, 3.8) is 0 Å². The topological polar surface area (TPSA) is 84.6 Å². The molecule has 2 fully saturated rings. The number of aromatic nitrogens is 3. The summed E-state index contributed by atoms with van der Waals surface area (Å²) in [6.45, 7) is 12.2. The van der Waals surface area contributed by atoms with Gasteiger partial charge in [0.1, 0.15) is 0 Å². The van der Waals surface area contributed by atoms with Gasteiger partial charge in [-0.3, -0.25) is 4.79 Å². The van der Waals surface area contributed by atoms with Crippen molar-refractivity contribution in [1.29, 1.82) is 0 Å². The molecule has 0 bridgehead atoms. The number of piperidine rings is 1. The average Bonchev–Trinajstić information content (AvgIpc) is 3.19. The van der Waals surface area contributed by atoms with E-state index in [0.717, 1.165) is 49.4 Å². The van der Waals surface area contributed by atoms with Crippen LogP contribution < -0.4 is 4.90 Å². The van der Waals surface area contributed by atoms with Crippen molar-refractivity contribution < 1.29 is 14.1 Å². The van der Waals surface area contributed by atoms with E-state index in [1.54, 1.807) is 0 Å². The predicted octanol–water partition coefficient (Wildman–Crippen LogP) is 3.03. The summed E-state index contributed by atoms with van der Waals surface area (Å²) >= 11 is 0. The maximum absolute atomic E-state index is 12.9. The van der Waals surface area contributed by atoms with Gasteiger partial charge in [-0.1, -0.05) is 25.9 Å². The molecule has 0 N–H and O–H groups in total. The Balaban J connectivity index is 1.69. The Bertz CT molecular complexity index is 898. The lowest BCUT2D eigenvalue weighted by molar-refractivity contribution is -0.140. The summed E-state index contributed by atoms with van der Waals surface area (Å²) in [5.41, 5.74) is 2.23. The van der Waals surface area contributed by atoms with Crippen molar-refractivity contribution in [1.82, 2.24) is 20.0 Å². The zero-order chi connectivity index (χ0) is 21.3. The fraction of sp³-hybridized carbons (Fsp3) is 0.636. The number of amides is 1. The van der Waals surface area contributed by atoms with E-state index in [-0.39, 0.29) is 11.8 Å². The number of hydrogen-bond acceptors (Lipinski definition) is 7. The van der Waals surface area contributed by atoms with Gasteiger partial charge in [0.15, 0.2) is 5.76 Å². The molecule has 0 spiro atoms. The number of anilines is 1. The van der Waals surface area contributed by atoms with Crippen LogP contribution in [0.5, 0.6) is 0 Å². The lowest BCUT2D eigenvalue weighted by Crippen LogP contribution is -2.45.